The van der Waals surface area contributed by atoms with Crippen LogP contribution in [-0.2, 0) is 13.0 Å². The fourth-order valence-electron chi connectivity index (χ4n) is 2.08. The average molecular weight is 322 g/mol. The van der Waals surface area contributed by atoms with Gasteiger partial charge in [0.2, 0.25) is 0 Å². The number of nitrogens with zero attached hydrogens (tertiary/aromatic N) is 2. The van der Waals surface area contributed by atoms with Crippen LogP contribution in [0.1, 0.15) is 18.9 Å². The molecule has 1 aromatic carbocycles. The van der Waals surface area contributed by atoms with Gasteiger partial charge in [0, 0.05) is 29.5 Å². The summed E-state index contributed by atoms with van der Waals surface area (Å²) in [5.74, 6) is 0. The van der Waals surface area contributed by atoms with E-state index in [2.05, 4.69) is 62.0 Å². The number of rotatable bonds is 7. The van der Waals surface area contributed by atoms with Gasteiger partial charge in [0.25, 0.3) is 0 Å². The molecule has 0 aliphatic carbocycles. The van der Waals surface area contributed by atoms with Crippen molar-refractivity contribution in [3.63, 3.8) is 0 Å². The molecule has 4 heteroatoms. The molecule has 1 atom stereocenters. The first-order valence-electron chi connectivity index (χ1n) is 6.67. The molecular formula is C15H20BrN3. The van der Waals surface area contributed by atoms with Gasteiger partial charge in [-0.15, -0.1) is 0 Å². The minimum Gasteiger partial charge on any atom is -0.337 e. The maximum atomic E-state index is 4.04. The van der Waals surface area contributed by atoms with E-state index in [-0.39, 0.29) is 0 Å². The second-order valence-corrected chi connectivity index (χ2v) is 5.76. The van der Waals surface area contributed by atoms with Gasteiger partial charge >= 0.3 is 0 Å². The third-order valence-corrected chi connectivity index (χ3v) is 3.63. The Kier molecular flexibility index (Phi) is 5.61. The van der Waals surface area contributed by atoms with E-state index < -0.39 is 0 Å². The normalized spacial score (nSPS) is 12.5. The summed E-state index contributed by atoms with van der Waals surface area (Å²) in [4.78, 5) is 4.04. The van der Waals surface area contributed by atoms with Gasteiger partial charge in [0.05, 0.1) is 6.33 Å². The van der Waals surface area contributed by atoms with E-state index in [4.69, 9.17) is 0 Å². The summed E-state index contributed by atoms with van der Waals surface area (Å²) >= 11 is 3.46. The van der Waals surface area contributed by atoms with E-state index in [9.17, 15) is 0 Å². The summed E-state index contributed by atoms with van der Waals surface area (Å²) in [6.07, 6.45) is 7.89. The molecule has 19 heavy (non-hydrogen) atoms. The highest BCUT2D eigenvalue weighted by Gasteiger charge is 2.02. The van der Waals surface area contributed by atoms with Crippen molar-refractivity contribution >= 4 is 15.9 Å². The number of aromatic nitrogens is 2. The second-order valence-electron chi connectivity index (χ2n) is 4.84. The minimum atomic E-state index is 0.504. The molecule has 102 valence electrons. The lowest BCUT2D eigenvalue weighted by Crippen LogP contribution is -2.29. The van der Waals surface area contributed by atoms with Crippen LogP contribution in [0.3, 0.4) is 0 Å². The lowest BCUT2D eigenvalue weighted by atomic mass is 10.1. The maximum Gasteiger partial charge on any atom is 0.0945 e. The lowest BCUT2D eigenvalue weighted by molar-refractivity contribution is 0.510. The number of hydrogen-bond acceptors (Lipinski definition) is 2. The highest BCUT2D eigenvalue weighted by atomic mass is 79.9. The SMILES string of the molecule is CC(Cc1ccc(Br)cc1)NCCCn1ccnc1. The highest BCUT2D eigenvalue weighted by molar-refractivity contribution is 9.10. The van der Waals surface area contributed by atoms with Crippen LogP contribution in [-0.4, -0.2) is 22.1 Å². The van der Waals surface area contributed by atoms with E-state index in [1.54, 1.807) is 0 Å². The van der Waals surface area contributed by atoms with Crippen LogP contribution in [0.25, 0.3) is 0 Å². The first-order valence-corrected chi connectivity index (χ1v) is 7.47. The zero-order valence-electron chi connectivity index (χ0n) is 11.2. The van der Waals surface area contributed by atoms with Gasteiger partial charge in [-0.2, -0.15) is 0 Å². The van der Waals surface area contributed by atoms with Gasteiger partial charge in [-0.25, -0.2) is 4.98 Å². The van der Waals surface area contributed by atoms with E-state index in [1.165, 1.54) is 5.56 Å². The van der Waals surface area contributed by atoms with Crippen LogP contribution in [0, 0.1) is 0 Å². The Labute approximate surface area is 123 Å². The topological polar surface area (TPSA) is 29.9 Å². The Balaban J connectivity index is 1.64. The Morgan fingerprint density at radius 3 is 2.79 bits per heavy atom. The summed E-state index contributed by atoms with van der Waals surface area (Å²) in [7, 11) is 0. The molecule has 1 aromatic heterocycles. The lowest BCUT2D eigenvalue weighted by Gasteiger charge is -2.14. The van der Waals surface area contributed by atoms with Crippen LogP contribution in [0.5, 0.6) is 0 Å². The molecule has 0 aliphatic rings. The summed E-state index contributed by atoms with van der Waals surface area (Å²) < 4.78 is 3.25. The molecule has 0 spiro atoms. The molecule has 3 nitrogen and oxygen atoms in total. The smallest absolute Gasteiger partial charge is 0.0945 e. The van der Waals surface area contributed by atoms with Crippen LogP contribution in [0.2, 0.25) is 0 Å². The van der Waals surface area contributed by atoms with Gasteiger partial charge in [-0.1, -0.05) is 28.1 Å². The van der Waals surface area contributed by atoms with Crippen LogP contribution < -0.4 is 5.32 Å². The molecule has 0 fully saturated rings. The van der Waals surface area contributed by atoms with Gasteiger partial charge in [-0.3, -0.25) is 0 Å². The van der Waals surface area contributed by atoms with E-state index in [0.717, 1.165) is 30.4 Å². The van der Waals surface area contributed by atoms with E-state index >= 15 is 0 Å². The van der Waals surface area contributed by atoms with Crippen molar-refractivity contribution in [2.75, 3.05) is 6.54 Å². The zero-order valence-corrected chi connectivity index (χ0v) is 12.8. The highest BCUT2D eigenvalue weighted by Crippen LogP contribution is 2.11. The molecule has 1 N–H and O–H groups in total. The summed E-state index contributed by atoms with van der Waals surface area (Å²) in [5.41, 5.74) is 1.37. The third kappa shape index (κ3) is 5.17. The molecule has 1 unspecified atom stereocenters. The average Bonchev–Trinajstić information content (AvgIpc) is 2.91. The van der Waals surface area contributed by atoms with Crippen molar-refractivity contribution in [3.05, 3.63) is 53.0 Å². The number of halogens is 1. The van der Waals surface area contributed by atoms with Crippen molar-refractivity contribution in [1.29, 1.82) is 0 Å². The summed E-state index contributed by atoms with van der Waals surface area (Å²) in [6.45, 7) is 4.30. The number of hydrogen-bond donors (Lipinski definition) is 1. The van der Waals surface area contributed by atoms with E-state index in [0.29, 0.717) is 6.04 Å². The van der Waals surface area contributed by atoms with Crippen molar-refractivity contribution in [2.24, 2.45) is 0 Å². The number of aryl methyl sites for hydroxylation is 1. The zero-order chi connectivity index (χ0) is 13.5. The third-order valence-electron chi connectivity index (χ3n) is 3.10. The molecule has 0 amide bonds. The Morgan fingerprint density at radius 2 is 2.11 bits per heavy atom. The molecule has 1 heterocycles. The standard InChI is InChI=1S/C15H20BrN3/c1-13(11-14-3-5-15(16)6-4-14)18-7-2-9-19-10-8-17-12-19/h3-6,8,10,12-13,18H,2,7,9,11H2,1H3. The quantitative estimate of drug-likeness (QED) is 0.793. The maximum absolute atomic E-state index is 4.04. The fourth-order valence-corrected chi connectivity index (χ4v) is 2.34. The molecule has 0 saturated heterocycles. The molecule has 2 aromatic rings. The summed E-state index contributed by atoms with van der Waals surface area (Å²) in [5, 5.41) is 3.56. The van der Waals surface area contributed by atoms with Crippen molar-refractivity contribution in [3.8, 4) is 0 Å². The van der Waals surface area contributed by atoms with E-state index in [1.807, 2.05) is 18.7 Å². The Bertz CT molecular complexity index is 465. The monoisotopic (exact) mass is 321 g/mol. The molecular weight excluding hydrogens is 302 g/mol. The Hall–Kier alpha value is -1.13. The second kappa shape index (κ2) is 7.46. The first kappa shape index (κ1) is 14.3. The molecule has 2 rings (SSSR count). The minimum absolute atomic E-state index is 0.504. The van der Waals surface area contributed by atoms with Crippen molar-refractivity contribution < 1.29 is 0 Å². The van der Waals surface area contributed by atoms with Gasteiger partial charge in [0.15, 0.2) is 0 Å². The van der Waals surface area contributed by atoms with Crippen molar-refractivity contribution in [1.82, 2.24) is 14.9 Å². The predicted octanol–water partition coefficient (Wildman–Crippen LogP) is 3.26. The molecule has 0 saturated carbocycles. The fraction of sp³-hybridized carbons (Fsp3) is 0.400. The first-order chi connectivity index (χ1) is 9.24. The van der Waals surface area contributed by atoms with Crippen molar-refractivity contribution in [2.45, 2.75) is 32.4 Å². The summed E-state index contributed by atoms with van der Waals surface area (Å²) in [6, 6.07) is 9.05. The largest absolute Gasteiger partial charge is 0.337 e. The molecule has 0 bridgehead atoms. The number of imidazole rings is 1. The molecule has 0 aliphatic heterocycles. The Morgan fingerprint density at radius 1 is 1.32 bits per heavy atom. The van der Waals surface area contributed by atoms with Gasteiger partial charge < -0.3 is 9.88 Å². The van der Waals surface area contributed by atoms with Crippen LogP contribution >= 0.6 is 15.9 Å². The van der Waals surface area contributed by atoms with Gasteiger partial charge in [0.1, 0.15) is 0 Å². The number of benzene rings is 1. The molecule has 0 radical (unpaired) electrons. The van der Waals surface area contributed by atoms with Gasteiger partial charge in [-0.05, 0) is 44.0 Å². The predicted molar refractivity (Wildman–Crippen MR) is 82.2 cm³/mol. The van der Waals surface area contributed by atoms with Crippen LogP contribution in [0.15, 0.2) is 47.5 Å². The van der Waals surface area contributed by atoms with Crippen LogP contribution in [0.4, 0.5) is 0 Å². The number of nitrogens with one attached hydrogen (secondary N) is 1.